The lowest BCUT2D eigenvalue weighted by atomic mass is 11.2. The van der Waals surface area contributed by atoms with Crippen LogP contribution in [-0.2, 0) is 0 Å². The molecule has 0 amide bonds. The highest BCUT2D eigenvalue weighted by molar-refractivity contribution is 14.1. The Kier molecular flexibility index (Phi) is 4.24. The Balaban J connectivity index is 1.80. The van der Waals surface area contributed by atoms with Gasteiger partial charge >= 0.3 is 0 Å². The predicted octanol–water partition coefficient (Wildman–Crippen LogP) is 6.44. The fourth-order valence-corrected chi connectivity index (χ4v) is 11.5. The zero-order valence-corrected chi connectivity index (χ0v) is 14.7. The average Bonchev–Trinajstić information content (AvgIpc) is 2.80. The number of hydrogen-bond donors (Lipinski definition) is 0. The van der Waals surface area contributed by atoms with Crippen LogP contribution in [0.2, 0.25) is 0 Å². The lowest BCUT2D eigenvalue weighted by Crippen LogP contribution is -1.68. The summed E-state index contributed by atoms with van der Waals surface area (Å²) >= 11 is 19.7. The lowest BCUT2D eigenvalue weighted by molar-refractivity contribution is 2.31. The van der Waals surface area contributed by atoms with Gasteiger partial charge in [0.1, 0.15) is 0 Å². The number of hydrogen-bond acceptors (Lipinski definition) is 6. The molecular weight excluding hydrogens is 439 g/mol. The quantitative estimate of drug-likeness (QED) is 0.395. The van der Waals surface area contributed by atoms with E-state index < -0.39 is 0 Å². The first-order valence-electron chi connectivity index (χ1n) is 3.75. The minimum absolute atomic E-state index is 0.927. The van der Waals surface area contributed by atoms with Crippen LogP contribution in [0.4, 0.5) is 0 Å². The largest absolute Gasteiger partial charge is 0.106 e. The second kappa shape index (κ2) is 5.14. The molecule has 0 bridgehead atoms. The van der Waals surface area contributed by atoms with E-state index in [1.807, 2.05) is 47.0 Å². The Morgan fingerprint density at radius 3 is 2.00 bits per heavy atom. The molecule has 0 saturated heterocycles. The highest BCUT2D eigenvalue weighted by Crippen LogP contribution is 2.67. The predicted molar refractivity (Wildman–Crippen MR) is 91.4 cm³/mol. The molecule has 3 heterocycles. The first-order chi connectivity index (χ1) is 7.24. The van der Waals surface area contributed by atoms with Crippen molar-refractivity contribution in [3.8, 4) is 0 Å². The molecular formula is C7H2ClIS6. The third kappa shape index (κ3) is 2.54. The molecule has 8 heteroatoms. The molecule has 0 N–H and O–H groups in total. The maximum atomic E-state index is 6.09. The molecule has 15 heavy (non-hydrogen) atoms. The van der Waals surface area contributed by atoms with Crippen LogP contribution in [0.5, 0.6) is 0 Å². The minimum atomic E-state index is 0.927. The zero-order chi connectivity index (χ0) is 10.4. The third-order valence-corrected chi connectivity index (χ3v) is 12.4. The van der Waals surface area contributed by atoms with E-state index in [0.717, 1.165) is 4.36 Å². The van der Waals surface area contributed by atoms with E-state index in [1.54, 1.807) is 23.5 Å². The summed E-state index contributed by atoms with van der Waals surface area (Å²) in [6, 6.07) is 0. The van der Waals surface area contributed by atoms with Gasteiger partial charge < -0.3 is 0 Å². The summed E-state index contributed by atoms with van der Waals surface area (Å²) in [5, 5.41) is 1.18. The molecule has 3 aliphatic rings. The minimum Gasteiger partial charge on any atom is -0.106 e. The van der Waals surface area contributed by atoms with Gasteiger partial charge in [0.25, 0.3) is 0 Å². The smallest absolute Gasteiger partial charge is 0.0989 e. The highest BCUT2D eigenvalue weighted by Gasteiger charge is 2.31. The second-order valence-corrected chi connectivity index (χ2v) is 12.4. The van der Waals surface area contributed by atoms with E-state index in [0.29, 0.717) is 0 Å². The molecule has 0 radical (unpaired) electrons. The molecule has 80 valence electrons. The summed E-state index contributed by atoms with van der Waals surface area (Å²) in [7, 11) is 0. The fraction of sp³-hybridized carbons (Fsp3) is 0.143. The van der Waals surface area contributed by atoms with E-state index in [2.05, 4.69) is 22.6 Å². The van der Waals surface area contributed by atoms with E-state index in [4.69, 9.17) is 11.6 Å². The Morgan fingerprint density at radius 1 is 0.867 bits per heavy atom. The van der Waals surface area contributed by atoms with Gasteiger partial charge in [0, 0.05) is 5.08 Å². The number of rotatable bonds is 0. The van der Waals surface area contributed by atoms with E-state index in [9.17, 15) is 0 Å². The van der Waals surface area contributed by atoms with Crippen LogP contribution in [0.3, 0.4) is 0 Å². The molecule has 0 aromatic rings. The molecule has 0 atom stereocenters. The maximum Gasteiger partial charge on any atom is 0.0989 e. The Hall–Kier alpha value is 2.34. The van der Waals surface area contributed by atoms with Crippen molar-refractivity contribution in [1.82, 2.24) is 0 Å². The van der Waals surface area contributed by atoms with Crippen LogP contribution in [0, 0.1) is 0 Å². The first-order valence-corrected chi connectivity index (χ1v) is 10.4. The summed E-state index contributed by atoms with van der Waals surface area (Å²) in [6.07, 6.45) is 0. The van der Waals surface area contributed by atoms with Gasteiger partial charge in [-0.1, -0.05) is 58.6 Å². The van der Waals surface area contributed by atoms with Gasteiger partial charge in [-0.2, -0.15) is 0 Å². The molecule has 3 aliphatic heterocycles. The van der Waals surface area contributed by atoms with Crippen LogP contribution >= 0.6 is 105 Å². The summed E-state index contributed by atoms with van der Waals surface area (Å²) in [5.74, 6) is 0. The summed E-state index contributed by atoms with van der Waals surface area (Å²) < 4.78 is 7.89. The Bertz CT molecular complexity index is 391. The topological polar surface area (TPSA) is 0 Å². The maximum absolute atomic E-state index is 6.09. The second-order valence-electron chi connectivity index (χ2n) is 2.51. The van der Waals surface area contributed by atoms with Crippen molar-refractivity contribution in [3.63, 3.8) is 0 Å². The van der Waals surface area contributed by atoms with Crippen molar-refractivity contribution in [3.05, 3.63) is 24.2 Å². The monoisotopic (exact) mass is 440 g/mol. The zero-order valence-electron chi connectivity index (χ0n) is 6.91. The molecule has 0 spiro atoms. The molecule has 0 aromatic heterocycles. The molecule has 0 saturated carbocycles. The van der Waals surface area contributed by atoms with Gasteiger partial charge in [-0.15, -0.1) is 23.5 Å². The fourth-order valence-electron chi connectivity index (χ4n) is 1.02. The van der Waals surface area contributed by atoms with Gasteiger partial charge in [-0.3, -0.25) is 0 Å². The SMILES string of the molecule is ClC1=C(I)SC(=C2SC3=C(SCS3)S2)S1. The van der Waals surface area contributed by atoms with Crippen molar-refractivity contribution in [1.29, 1.82) is 0 Å². The van der Waals surface area contributed by atoms with Crippen LogP contribution < -0.4 is 0 Å². The number of halogens is 2. The molecule has 0 unspecified atom stereocenters. The van der Waals surface area contributed by atoms with E-state index >= 15 is 0 Å². The van der Waals surface area contributed by atoms with Gasteiger partial charge in [-0.25, -0.2) is 0 Å². The van der Waals surface area contributed by atoms with Crippen LogP contribution in [0.1, 0.15) is 0 Å². The van der Waals surface area contributed by atoms with Gasteiger partial charge in [-0.05, 0) is 22.6 Å². The molecule has 0 nitrogen and oxygen atoms in total. The number of thioether (sulfide) groups is 6. The van der Waals surface area contributed by atoms with Gasteiger partial charge in [0.15, 0.2) is 0 Å². The first kappa shape index (κ1) is 12.4. The standard InChI is InChI=1S/C7H2ClIS6/c8-2-3(9)13-6(12-2)7-14-4-5(15-7)11-1-10-4/h1H2. The normalized spacial score (nSPS) is 26.0. The average molecular weight is 441 g/mol. The lowest BCUT2D eigenvalue weighted by Gasteiger charge is -2.02. The van der Waals surface area contributed by atoms with Crippen molar-refractivity contribution < 1.29 is 0 Å². The van der Waals surface area contributed by atoms with E-state index in [1.165, 1.54) is 24.9 Å². The molecule has 0 aromatic carbocycles. The Morgan fingerprint density at radius 2 is 1.47 bits per heavy atom. The van der Waals surface area contributed by atoms with Crippen LogP contribution in [0.15, 0.2) is 24.2 Å². The van der Waals surface area contributed by atoms with E-state index in [-0.39, 0.29) is 0 Å². The Labute approximate surface area is 132 Å². The third-order valence-electron chi connectivity index (χ3n) is 1.60. The molecule has 0 fully saturated rings. The summed E-state index contributed by atoms with van der Waals surface area (Å²) in [5.41, 5.74) is 0. The summed E-state index contributed by atoms with van der Waals surface area (Å²) in [4.78, 5) is 0. The van der Waals surface area contributed by atoms with Gasteiger partial charge in [0.05, 0.1) is 24.2 Å². The van der Waals surface area contributed by atoms with Crippen molar-refractivity contribution in [2.45, 2.75) is 0 Å². The summed E-state index contributed by atoms with van der Waals surface area (Å²) in [6.45, 7) is 0. The van der Waals surface area contributed by atoms with Crippen molar-refractivity contribution in [2.75, 3.05) is 5.08 Å². The molecule has 3 rings (SSSR count). The van der Waals surface area contributed by atoms with Crippen molar-refractivity contribution in [2.24, 2.45) is 0 Å². The van der Waals surface area contributed by atoms with Crippen LogP contribution in [0.25, 0.3) is 0 Å². The van der Waals surface area contributed by atoms with Gasteiger partial charge in [0.2, 0.25) is 0 Å². The molecule has 0 aliphatic carbocycles. The van der Waals surface area contributed by atoms with Crippen LogP contribution in [-0.4, -0.2) is 5.08 Å². The van der Waals surface area contributed by atoms with Crippen molar-refractivity contribution >= 4 is 105 Å². The highest BCUT2D eigenvalue weighted by atomic mass is 127.